The van der Waals surface area contributed by atoms with Crippen molar-refractivity contribution in [2.75, 3.05) is 22.9 Å². The van der Waals surface area contributed by atoms with Gasteiger partial charge in [0, 0.05) is 6.54 Å². The fourth-order valence-corrected chi connectivity index (χ4v) is 2.47. The van der Waals surface area contributed by atoms with E-state index in [-0.39, 0.29) is 11.3 Å². The van der Waals surface area contributed by atoms with Crippen molar-refractivity contribution in [3.8, 4) is 0 Å². The monoisotopic (exact) mass is 217 g/mol. The van der Waals surface area contributed by atoms with Crippen LogP contribution in [0.4, 0.5) is 17.1 Å². The molecule has 1 aromatic rings. The van der Waals surface area contributed by atoms with Crippen LogP contribution in [0.2, 0.25) is 0 Å². The molecule has 0 aromatic heterocycles. The first kappa shape index (κ1) is 9.51. The van der Waals surface area contributed by atoms with Crippen LogP contribution in [0, 0.1) is 5.41 Å². The Hall–Kier alpha value is -1.71. The Balaban J connectivity index is 2.00. The summed E-state index contributed by atoms with van der Waals surface area (Å²) in [5.74, 6) is 0.135. The molecule has 1 amide bonds. The number of nitrogens with one attached hydrogen (secondary N) is 2. The number of carbonyl (C=O) groups excluding carboxylic acids is 1. The molecule has 4 nitrogen and oxygen atoms in total. The number of anilines is 3. The van der Waals surface area contributed by atoms with E-state index in [1.54, 1.807) is 0 Å². The molecule has 0 atom stereocenters. The highest BCUT2D eigenvalue weighted by Crippen LogP contribution is 2.45. The standard InChI is InChI=1S/C12H15N3O/c13-8-3-1-4-9-10(8)14-7-12(5-2-6-12)11(16)15-9/h1,3-4,14H,2,5-7,13H2,(H,15,16). The van der Waals surface area contributed by atoms with Gasteiger partial charge in [0.1, 0.15) is 0 Å². The molecular formula is C12H15N3O. The summed E-state index contributed by atoms with van der Waals surface area (Å²) in [6, 6.07) is 5.58. The lowest BCUT2D eigenvalue weighted by molar-refractivity contribution is -0.129. The van der Waals surface area contributed by atoms with E-state index in [9.17, 15) is 4.79 Å². The first-order valence-corrected chi connectivity index (χ1v) is 5.65. The van der Waals surface area contributed by atoms with Gasteiger partial charge in [-0.1, -0.05) is 12.5 Å². The maximum Gasteiger partial charge on any atom is 0.232 e. The van der Waals surface area contributed by atoms with Crippen LogP contribution in [0.1, 0.15) is 19.3 Å². The van der Waals surface area contributed by atoms with E-state index in [1.807, 2.05) is 18.2 Å². The number of benzene rings is 1. The van der Waals surface area contributed by atoms with E-state index in [4.69, 9.17) is 5.73 Å². The van der Waals surface area contributed by atoms with E-state index in [0.717, 1.165) is 30.6 Å². The van der Waals surface area contributed by atoms with Crippen molar-refractivity contribution >= 4 is 23.0 Å². The highest BCUT2D eigenvalue weighted by Gasteiger charge is 2.45. The lowest BCUT2D eigenvalue weighted by Crippen LogP contribution is -2.45. The Labute approximate surface area is 94.2 Å². The van der Waals surface area contributed by atoms with Gasteiger partial charge >= 0.3 is 0 Å². The summed E-state index contributed by atoms with van der Waals surface area (Å²) < 4.78 is 0. The van der Waals surface area contributed by atoms with Gasteiger partial charge in [-0.25, -0.2) is 0 Å². The molecule has 0 bridgehead atoms. The molecule has 3 rings (SSSR count). The fourth-order valence-electron chi connectivity index (χ4n) is 2.47. The van der Waals surface area contributed by atoms with Crippen LogP contribution >= 0.6 is 0 Å². The molecule has 1 saturated carbocycles. The van der Waals surface area contributed by atoms with Crippen molar-refractivity contribution in [1.82, 2.24) is 0 Å². The van der Waals surface area contributed by atoms with E-state index in [1.165, 1.54) is 0 Å². The van der Waals surface area contributed by atoms with Crippen LogP contribution in [-0.2, 0) is 4.79 Å². The molecule has 1 aromatic carbocycles. The Kier molecular flexibility index (Phi) is 1.87. The minimum Gasteiger partial charge on any atom is -0.397 e. The molecule has 1 aliphatic heterocycles. The van der Waals surface area contributed by atoms with Crippen molar-refractivity contribution in [2.45, 2.75) is 19.3 Å². The summed E-state index contributed by atoms with van der Waals surface area (Å²) in [6.07, 6.45) is 3.08. The van der Waals surface area contributed by atoms with E-state index in [0.29, 0.717) is 12.2 Å². The second kappa shape index (κ2) is 3.14. The second-order valence-corrected chi connectivity index (χ2v) is 4.71. The third-order valence-corrected chi connectivity index (χ3v) is 3.74. The van der Waals surface area contributed by atoms with Gasteiger partial charge in [-0.3, -0.25) is 4.79 Å². The molecule has 2 aliphatic rings. The zero-order valence-electron chi connectivity index (χ0n) is 9.05. The van der Waals surface area contributed by atoms with Gasteiger partial charge in [0.15, 0.2) is 0 Å². The molecule has 0 saturated heterocycles. The first-order chi connectivity index (χ1) is 7.71. The van der Waals surface area contributed by atoms with Crippen LogP contribution < -0.4 is 16.4 Å². The quantitative estimate of drug-likeness (QED) is 0.580. The Morgan fingerprint density at radius 1 is 1.31 bits per heavy atom. The number of nitrogen functional groups attached to an aromatic ring is 1. The van der Waals surface area contributed by atoms with Crippen LogP contribution in [0.25, 0.3) is 0 Å². The van der Waals surface area contributed by atoms with Crippen molar-refractivity contribution in [3.63, 3.8) is 0 Å². The number of nitrogens with two attached hydrogens (primary N) is 1. The SMILES string of the molecule is Nc1cccc2c1NCC1(CCC1)C(=O)N2. The summed E-state index contributed by atoms with van der Waals surface area (Å²) in [5, 5.41) is 6.28. The normalized spacial score (nSPS) is 21.4. The third-order valence-electron chi connectivity index (χ3n) is 3.74. The number of amides is 1. The molecule has 16 heavy (non-hydrogen) atoms. The molecular weight excluding hydrogens is 202 g/mol. The average Bonchev–Trinajstić information content (AvgIpc) is 2.34. The number of fused-ring (bicyclic) bond motifs is 1. The lowest BCUT2D eigenvalue weighted by atomic mass is 9.68. The number of para-hydroxylation sites is 1. The highest BCUT2D eigenvalue weighted by molar-refractivity contribution is 6.02. The third kappa shape index (κ3) is 1.19. The van der Waals surface area contributed by atoms with E-state index in [2.05, 4.69) is 10.6 Å². The smallest absolute Gasteiger partial charge is 0.232 e. The van der Waals surface area contributed by atoms with Gasteiger partial charge in [-0.15, -0.1) is 0 Å². The Morgan fingerprint density at radius 2 is 2.12 bits per heavy atom. The number of carbonyl (C=O) groups is 1. The lowest BCUT2D eigenvalue weighted by Gasteiger charge is -2.38. The van der Waals surface area contributed by atoms with Crippen molar-refractivity contribution in [2.24, 2.45) is 5.41 Å². The molecule has 1 fully saturated rings. The summed E-state index contributed by atoms with van der Waals surface area (Å²) in [5.41, 5.74) is 8.04. The predicted octanol–water partition coefficient (Wildman–Crippen LogP) is 1.80. The molecule has 1 spiro atoms. The number of rotatable bonds is 0. The molecule has 0 radical (unpaired) electrons. The zero-order chi connectivity index (χ0) is 11.2. The maximum absolute atomic E-state index is 12.1. The number of hydrogen-bond acceptors (Lipinski definition) is 3. The van der Waals surface area contributed by atoms with Crippen LogP contribution in [0.15, 0.2) is 18.2 Å². The minimum absolute atomic E-state index is 0.135. The first-order valence-electron chi connectivity index (χ1n) is 5.65. The summed E-state index contributed by atoms with van der Waals surface area (Å²) in [6.45, 7) is 0.694. The van der Waals surface area contributed by atoms with Crippen molar-refractivity contribution in [1.29, 1.82) is 0 Å². The molecule has 0 unspecified atom stereocenters. The second-order valence-electron chi connectivity index (χ2n) is 4.71. The number of hydrogen-bond donors (Lipinski definition) is 3. The molecule has 4 N–H and O–H groups in total. The van der Waals surface area contributed by atoms with Gasteiger partial charge in [-0.2, -0.15) is 0 Å². The van der Waals surface area contributed by atoms with Crippen LogP contribution in [-0.4, -0.2) is 12.5 Å². The van der Waals surface area contributed by atoms with Crippen molar-refractivity contribution < 1.29 is 4.79 Å². The summed E-state index contributed by atoms with van der Waals surface area (Å²) in [7, 11) is 0. The van der Waals surface area contributed by atoms with Gasteiger partial charge in [0.05, 0.1) is 22.5 Å². The molecule has 1 aliphatic carbocycles. The highest BCUT2D eigenvalue weighted by atomic mass is 16.2. The topological polar surface area (TPSA) is 67.1 Å². The summed E-state index contributed by atoms with van der Waals surface area (Å²) >= 11 is 0. The van der Waals surface area contributed by atoms with Crippen LogP contribution in [0.5, 0.6) is 0 Å². The molecule has 4 heteroatoms. The summed E-state index contributed by atoms with van der Waals surface area (Å²) in [4.78, 5) is 12.1. The van der Waals surface area contributed by atoms with Gasteiger partial charge < -0.3 is 16.4 Å². The zero-order valence-corrected chi connectivity index (χ0v) is 9.05. The van der Waals surface area contributed by atoms with Crippen LogP contribution in [0.3, 0.4) is 0 Å². The van der Waals surface area contributed by atoms with E-state index < -0.39 is 0 Å². The average molecular weight is 217 g/mol. The van der Waals surface area contributed by atoms with Gasteiger partial charge in [-0.05, 0) is 25.0 Å². The minimum atomic E-state index is -0.203. The maximum atomic E-state index is 12.1. The Morgan fingerprint density at radius 3 is 2.81 bits per heavy atom. The van der Waals surface area contributed by atoms with Gasteiger partial charge in [0.2, 0.25) is 5.91 Å². The van der Waals surface area contributed by atoms with E-state index >= 15 is 0 Å². The van der Waals surface area contributed by atoms with Gasteiger partial charge in [0.25, 0.3) is 0 Å². The molecule has 84 valence electrons. The predicted molar refractivity (Wildman–Crippen MR) is 64.3 cm³/mol. The fraction of sp³-hybridized carbons (Fsp3) is 0.417. The molecule has 1 heterocycles. The van der Waals surface area contributed by atoms with Crippen molar-refractivity contribution in [3.05, 3.63) is 18.2 Å². The Bertz CT molecular complexity index is 452. The largest absolute Gasteiger partial charge is 0.397 e.